The number of carbonyl (C=O) groups is 1. The second-order valence-electron chi connectivity index (χ2n) is 2.33. The average molecular weight is 179 g/mol. The van der Waals surface area contributed by atoms with Gasteiger partial charge in [-0.1, -0.05) is 0 Å². The molecule has 1 heterocycles. The van der Waals surface area contributed by atoms with Gasteiger partial charge in [0.2, 0.25) is 0 Å². The van der Waals surface area contributed by atoms with Gasteiger partial charge in [0.15, 0.2) is 6.19 Å². The molecule has 1 aromatic heterocycles. The molecule has 5 heteroatoms. The van der Waals surface area contributed by atoms with Crippen molar-refractivity contribution < 1.29 is 9.18 Å². The van der Waals surface area contributed by atoms with E-state index in [0.29, 0.717) is 0 Å². The molecule has 1 amide bonds. The number of aromatic nitrogens is 1. The third-order valence-corrected chi connectivity index (χ3v) is 1.40. The molecule has 0 aromatic carbocycles. The van der Waals surface area contributed by atoms with Crippen LogP contribution in [0.1, 0.15) is 10.5 Å². The van der Waals surface area contributed by atoms with E-state index in [0.717, 1.165) is 17.2 Å². The Bertz CT molecular complexity index is 355. The molecule has 0 radical (unpaired) electrons. The molecule has 0 aliphatic heterocycles. The topological polar surface area (TPSA) is 57.0 Å². The summed E-state index contributed by atoms with van der Waals surface area (Å²) in [5, 5.41) is 8.37. The number of pyridine rings is 1. The van der Waals surface area contributed by atoms with Gasteiger partial charge in [-0.25, -0.2) is 14.3 Å². The molecule has 1 aromatic rings. The first-order valence-corrected chi connectivity index (χ1v) is 3.44. The zero-order valence-corrected chi connectivity index (χ0v) is 6.86. The number of hydrogen-bond donors (Lipinski definition) is 0. The molecular formula is C8H6FN3O. The molecule has 13 heavy (non-hydrogen) atoms. The summed E-state index contributed by atoms with van der Waals surface area (Å²) >= 11 is 0. The normalized spacial score (nSPS) is 9.00. The van der Waals surface area contributed by atoms with Crippen LogP contribution in [-0.2, 0) is 0 Å². The van der Waals surface area contributed by atoms with Crippen LogP contribution >= 0.6 is 0 Å². The van der Waals surface area contributed by atoms with Crippen LogP contribution in [0.4, 0.5) is 4.39 Å². The lowest BCUT2D eigenvalue weighted by Gasteiger charge is -2.04. The minimum absolute atomic E-state index is 0.0467. The first-order chi connectivity index (χ1) is 6.15. The van der Waals surface area contributed by atoms with Crippen LogP contribution in [0.2, 0.25) is 0 Å². The maximum Gasteiger partial charge on any atom is 0.285 e. The lowest BCUT2D eigenvalue weighted by molar-refractivity contribution is 0.0853. The Morgan fingerprint density at radius 1 is 1.69 bits per heavy atom. The summed E-state index contributed by atoms with van der Waals surface area (Å²) < 4.78 is 12.4. The van der Waals surface area contributed by atoms with Gasteiger partial charge in [0, 0.05) is 7.05 Å². The predicted octanol–water partition coefficient (Wildman–Crippen LogP) is 0.774. The van der Waals surface area contributed by atoms with E-state index < -0.39 is 11.7 Å². The van der Waals surface area contributed by atoms with Crippen LogP contribution in [0.25, 0.3) is 0 Å². The van der Waals surface area contributed by atoms with Crippen molar-refractivity contribution in [2.24, 2.45) is 0 Å². The van der Waals surface area contributed by atoms with Crippen LogP contribution in [0.5, 0.6) is 0 Å². The SMILES string of the molecule is CN(C#N)C(=O)c1ccc(F)cn1. The number of carbonyl (C=O) groups excluding carboxylic acids is 1. The number of hydrogen-bond acceptors (Lipinski definition) is 3. The van der Waals surface area contributed by atoms with Gasteiger partial charge in [-0.3, -0.25) is 4.79 Å². The average Bonchev–Trinajstić information content (AvgIpc) is 2.17. The van der Waals surface area contributed by atoms with Crippen molar-refractivity contribution >= 4 is 5.91 Å². The third-order valence-electron chi connectivity index (χ3n) is 1.40. The highest BCUT2D eigenvalue weighted by atomic mass is 19.1. The van der Waals surface area contributed by atoms with Gasteiger partial charge < -0.3 is 0 Å². The summed E-state index contributed by atoms with van der Waals surface area (Å²) in [4.78, 5) is 15.6. The highest BCUT2D eigenvalue weighted by Crippen LogP contribution is 2.00. The number of nitriles is 1. The van der Waals surface area contributed by atoms with Gasteiger partial charge in [-0.05, 0) is 12.1 Å². The second kappa shape index (κ2) is 3.63. The van der Waals surface area contributed by atoms with Gasteiger partial charge in [0.1, 0.15) is 11.5 Å². The predicted molar refractivity (Wildman–Crippen MR) is 41.9 cm³/mol. The largest absolute Gasteiger partial charge is 0.285 e. The van der Waals surface area contributed by atoms with E-state index in [9.17, 15) is 9.18 Å². The maximum atomic E-state index is 12.4. The summed E-state index contributed by atoms with van der Waals surface area (Å²) in [6, 6.07) is 2.34. The second-order valence-corrected chi connectivity index (χ2v) is 2.33. The summed E-state index contributed by atoms with van der Waals surface area (Å²) in [5.74, 6) is -1.07. The van der Waals surface area contributed by atoms with Crippen molar-refractivity contribution in [1.29, 1.82) is 5.26 Å². The Morgan fingerprint density at radius 3 is 2.85 bits per heavy atom. The van der Waals surface area contributed by atoms with Crippen molar-refractivity contribution in [2.45, 2.75) is 0 Å². The highest BCUT2D eigenvalue weighted by Gasteiger charge is 2.11. The zero-order valence-electron chi connectivity index (χ0n) is 6.86. The van der Waals surface area contributed by atoms with E-state index in [1.807, 2.05) is 0 Å². The lowest BCUT2D eigenvalue weighted by Crippen LogP contribution is -2.22. The van der Waals surface area contributed by atoms with E-state index in [-0.39, 0.29) is 5.69 Å². The Kier molecular flexibility index (Phi) is 2.55. The molecule has 1 rings (SSSR count). The van der Waals surface area contributed by atoms with E-state index in [1.54, 1.807) is 6.19 Å². The van der Waals surface area contributed by atoms with Gasteiger partial charge >= 0.3 is 0 Å². The minimum Gasteiger partial charge on any atom is -0.266 e. The molecular weight excluding hydrogens is 173 g/mol. The van der Waals surface area contributed by atoms with Gasteiger partial charge in [0.25, 0.3) is 5.91 Å². The molecule has 0 aliphatic rings. The summed E-state index contributed by atoms with van der Waals surface area (Å²) in [6.07, 6.45) is 2.56. The maximum absolute atomic E-state index is 12.4. The molecule has 0 unspecified atom stereocenters. The molecule has 0 saturated carbocycles. The number of rotatable bonds is 1. The smallest absolute Gasteiger partial charge is 0.266 e. The Balaban J connectivity index is 2.91. The summed E-state index contributed by atoms with van der Waals surface area (Å²) in [5.41, 5.74) is 0.0467. The van der Waals surface area contributed by atoms with Gasteiger partial charge in [-0.2, -0.15) is 5.26 Å². The van der Waals surface area contributed by atoms with Gasteiger partial charge in [-0.15, -0.1) is 0 Å². The quantitative estimate of drug-likeness (QED) is 0.472. The highest BCUT2D eigenvalue weighted by molar-refractivity contribution is 5.92. The Morgan fingerprint density at radius 2 is 2.38 bits per heavy atom. The molecule has 0 spiro atoms. The van der Waals surface area contributed by atoms with Crippen molar-refractivity contribution in [3.8, 4) is 6.19 Å². The van der Waals surface area contributed by atoms with Crippen molar-refractivity contribution in [2.75, 3.05) is 7.05 Å². The number of amides is 1. The lowest BCUT2D eigenvalue weighted by atomic mass is 10.3. The molecule has 0 saturated heterocycles. The van der Waals surface area contributed by atoms with Crippen LogP contribution in [-0.4, -0.2) is 22.8 Å². The molecule has 0 aliphatic carbocycles. The molecule has 66 valence electrons. The van der Waals surface area contributed by atoms with Crippen LogP contribution < -0.4 is 0 Å². The van der Waals surface area contributed by atoms with Crippen molar-refractivity contribution in [1.82, 2.24) is 9.88 Å². The summed E-state index contributed by atoms with van der Waals surface area (Å²) in [6.45, 7) is 0. The molecule has 0 bridgehead atoms. The van der Waals surface area contributed by atoms with Crippen LogP contribution in [0, 0.1) is 17.3 Å². The number of nitrogens with zero attached hydrogens (tertiary/aromatic N) is 3. The fourth-order valence-corrected chi connectivity index (χ4v) is 0.720. The van der Waals surface area contributed by atoms with E-state index in [4.69, 9.17) is 5.26 Å². The molecule has 0 atom stereocenters. The molecule has 0 N–H and O–H groups in total. The number of halogens is 1. The fourth-order valence-electron chi connectivity index (χ4n) is 0.720. The first kappa shape index (κ1) is 9.13. The molecule has 4 nitrogen and oxygen atoms in total. The van der Waals surface area contributed by atoms with E-state index >= 15 is 0 Å². The van der Waals surface area contributed by atoms with Crippen LogP contribution in [0.15, 0.2) is 18.3 Å². The standard InChI is InChI=1S/C8H6FN3O/c1-12(5-10)8(13)7-3-2-6(9)4-11-7/h2-4H,1H3. The van der Waals surface area contributed by atoms with E-state index in [1.165, 1.54) is 13.1 Å². The molecule has 0 fully saturated rings. The van der Waals surface area contributed by atoms with Crippen molar-refractivity contribution in [3.63, 3.8) is 0 Å². The minimum atomic E-state index is -0.553. The Labute approximate surface area is 74.2 Å². The third kappa shape index (κ3) is 1.99. The first-order valence-electron chi connectivity index (χ1n) is 3.44. The van der Waals surface area contributed by atoms with Crippen molar-refractivity contribution in [3.05, 3.63) is 29.8 Å². The fraction of sp³-hybridized carbons (Fsp3) is 0.125. The van der Waals surface area contributed by atoms with Crippen LogP contribution in [0.3, 0.4) is 0 Å². The van der Waals surface area contributed by atoms with E-state index in [2.05, 4.69) is 4.98 Å². The van der Waals surface area contributed by atoms with Gasteiger partial charge in [0.05, 0.1) is 6.20 Å². The zero-order chi connectivity index (χ0) is 9.84. The monoisotopic (exact) mass is 179 g/mol. The Hall–Kier alpha value is -1.96. The summed E-state index contributed by atoms with van der Waals surface area (Å²) in [7, 11) is 1.31.